The Labute approximate surface area is 151 Å². The van der Waals surface area contributed by atoms with Gasteiger partial charge in [0.25, 0.3) is 5.91 Å². The fourth-order valence-electron chi connectivity index (χ4n) is 2.91. The number of hydrogen-bond donors (Lipinski definition) is 1. The number of carbonyl (C=O) groups is 2. The molecular formula is C19H22N2O3S. The van der Waals surface area contributed by atoms with Gasteiger partial charge >= 0.3 is 5.97 Å². The number of rotatable bonds is 5. The third-order valence-electron chi connectivity index (χ3n) is 4.36. The molecule has 132 valence electrons. The first-order valence-electron chi connectivity index (χ1n) is 8.63. The summed E-state index contributed by atoms with van der Waals surface area (Å²) >= 11 is 1.50. The third-order valence-corrected chi connectivity index (χ3v) is 5.58. The minimum Gasteiger partial charge on any atom is -0.448 e. The van der Waals surface area contributed by atoms with Crippen LogP contribution in [-0.4, -0.2) is 23.0 Å². The maximum absolute atomic E-state index is 12.4. The van der Waals surface area contributed by atoms with Gasteiger partial charge in [-0.25, -0.2) is 9.78 Å². The fourth-order valence-corrected chi connectivity index (χ4v) is 4.05. The number of anilines is 1. The highest BCUT2D eigenvalue weighted by atomic mass is 32.1. The Morgan fingerprint density at radius 3 is 2.88 bits per heavy atom. The van der Waals surface area contributed by atoms with E-state index in [0.29, 0.717) is 17.1 Å². The summed E-state index contributed by atoms with van der Waals surface area (Å²) in [6, 6.07) is 5.60. The Morgan fingerprint density at radius 1 is 1.36 bits per heavy atom. The lowest BCUT2D eigenvalue weighted by atomic mass is 9.99. The second kappa shape index (κ2) is 7.78. The summed E-state index contributed by atoms with van der Waals surface area (Å²) in [7, 11) is 0. The molecule has 0 bridgehead atoms. The molecule has 1 amide bonds. The Morgan fingerprint density at radius 2 is 2.16 bits per heavy atom. The van der Waals surface area contributed by atoms with Gasteiger partial charge in [0.05, 0.1) is 0 Å². The number of thiophene rings is 1. The molecule has 1 atom stereocenters. The first-order chi connectivity index (χ1) is 12.1. The maximum atomic E-state index is 12.4. The van der Waals surface area contributed by atoms with Gasteiger partial charge in [-0.3, -0.25) is 4.79 Å². The van der Waals surface area contributed by atoms with Crippen LogP contribution in [-0.2, 0) is 22.4 Å². The summed E-state index contributed by atoms with van der Waals surface area (Å²) in [6.45, 7) is 3.69. The predicted molar refractivity (Wildman–Crippen MR) is 98.1 cm³/mol. The highest BCUT2D eigenvalue weighted by Crippen LogP contribution is 2.30. The Hall–Kier alpha value is -2.21. The number of amides is 1. The molecule has 2 aromatic rings. The topological polar surface area (TPSA) is 68.3 Å². The van der Waals surface area contributed by atoms with E-state index in [2.05, 4.69) is 10.3 Å². The minimum absolute atomic E-state index is 0.348. The zero-order chi connectivity index (χ0) is 17.8. The molecule has 0 saturated heterocycles. The minimum atomic E-state index is -0.826. The van der Waals surface area contributed by atoms with Crippen LogP contribution in [0.1, 0.15) is 51.9 Å². The van der Waals surface area contributed by atoms with E-state index in [0.717, 1.165) is 18.4 Å². The standard InChI is InChI=1S/C19H22N2O3S/c1-3-14(18(22)21-17-12(2)7-6-10-20-17)24-19(23)16-11-13-8-4-5-9-15(13)25-16/h6-7,10-11,14H,3-5,8-9H2,1-2H3,(H,20,21,22). The molecular weight excluding hydrogens is 336 g/mol. The molecule has 0 spiro atoms. The number of fused-ring (bicyclic) bond motifs is 1. The SMILES string of the molecule is CCC(OC(=O)c1cc2c(s1)CCCC2)C(=O)Nc1ncccc1C. The number of pyridine rings is 1. The monoisotopic (exact) mass is 358 g/mol. The van der Waals surface area contributed by atoms with E-state index in [-0.39, 0.29) is 5.91 Å². The zero-order valence-corrected chi connectivity index (χ0v) is 15.3. The van der Waals surface area contributed by atoms with Gasteiger partial charge in [-0.2, -0.15) is 0 Å². The fraction of sp³-hybridized carbons (Fsp3) is 0.421. The van der Waals surface area contributed by atoms with Crippen molar-refractivity contribution in [1.82, 2.24) is 4.98 Å². The number of ether oxygens (including phenoxy) is 1. The predicted octanol–water partition coefficient (Wildman–Crippen LogP) is 3.90. The summed E-state index contributed by atoms with van der Waals surface area (Å²) in [6.07, 6.45) is 5.60. The van der Waals surface area contributed by atoms with E-state index in [1.807, 2.05) is 26.0 Å². The van der Waals surface area contributed by atoms with Crippen LogP contribution in [0.2, 0.25) is 0 Å². The lowest BCUT2D eigenvalue weighted by Gasteiger charge is -2.16. The van der Waals surface area contributed by atoms with Crippen LogP contribution in [0, 0.1) is 6.92 Å². The van der Waals surface area contributed by atoms with Crippen LogP contribution >= 0.6 is 11.3 Å². The van der Waals surface area contributed by atoms with Gasteiger partial charge in [0.15, 0.2) is 6.10 Å². The number of carbonyl (C=O) groups excluding carboxylic acids is 2. The molecule has 0 aromatic carbocycles. The largest absolute Gasteiger partial charge is 0.448 e. The molecule has 1 aliphatic rings. The molecule has 3 rings (SSSR count). The number of hydrogen-bond acceptors (Lipinski definition) is 5. The molecule has 6 heteroatoms. The van der Waals surface area contributed by atoms with E-state index >= 15 is 0 Å². The Balaban J connectivity index is 1.66. The molecule has 0 fully saturated rings. The molecule has 5 nitrogen and oxygen atoms in total. The molecule has 0 aliphatic heterocycles. The van der Waals surface area contributed by atoms with Crippen molar-refractivity contribution in [2.24, 2.45) is 0 Å². The number of aryl methyl sites for hydroxylation is 3. The highest BCUT2D eigenvalue weighted by molar-refractivity contribution is 7.14. The summed E-state index contributed by atoms with van der Waals surface area (Å²) in [5.41, 5.74) is 2.12. The van der Waals surface area contributed by atoms with E-state index in [9.17, 15) is 9.59 Å². The van der Waals surface area contributed by atoms with Gasteiger partial charge in [0, 0.05) is 11.1 Å². The quantitative estimate of drug-likeness (QED) is 0.823. The van der Waals surface area contributed by atoms with Crippen molar-refractivity contribution in [3.8, 4) is 0 Å². The van der Waals surface area contributed by atoms with E-state index in [1.165, 1.54) is 34.6 Å². The smallest absolute Gasteiger partial charge is 0.349 e. The highest BCUT2D eigenvalue weighted by Gasteiger charge is 2.25. The van der Waals surface area contributed by atoms with Crippen LogP contribution in [0.25, 0.3) is 0 Å². The zero-order valence-electron chi connectivity index (χ0n) is 14.5. The van der Waals surface area contributed by atoms with Crippen molar-refractivity contribution in [3.05, 3.63) is 45.3 Å². The number of esters is 1. The van der Waals surface area contributed by atoms with Crippen LogP contribution in [0.5, 0.6) is 0 Å². The van der Waals surface area contributed by atoms with Gasteiger partial charge < -0.3 is 10.1 Å². The van der Waals surface area contributed by atoms with Gasteiger partial charge in [-0.1, -0.05) is 13.0 Å². The van der Waals surface area contributed by atoms with Crippen molar-refractivity contribution in [3.63, 3.8) is 0 Å². The van der Waals surface area contributed by atoms with Gasteiger partial charge in [0.2, 0.25) is 0 Å². The van der Waals surface area contributed by atoms with Crippen molar-refractivity contribution >= 4 is 29.0 Å². The van der Waals surface area contributed by atoms with Crippen molar-refractivity contribution in [2.45, 2.75) is 52.1 Å². The van der Waals surface area contributed by atoms with Crippen molar-refractivity contribution in [2.75, 3.05) is 5.32 Å². The maximum Gasteiger partial charge on any atom is 0.349 e. The van der Waals surface area contributed by atoms with Crippen LogP contribution < -0.4 is 5.32 Å². The molecule has 2 aromatic heterocycles. The summed E-state index contributed by atoms with van der Waals surface area (Å²) in [5, 5.41) is 2.74. The normalized spacial score (nSPS) is 14.5. The number of aromatic nitrogens is 1. The molecule has 0 radical (unpaired) electrons. The summed E-state index contributed by atoms with van der Waals surface area (Å²) < 4.78 is 5.47. The molecule has 1 N–H and O–H groups in total. The Kier molecular flexibility index (Phi) is 5.48. The molecule has 25 heavy (non-hydrogen) atoms. The molecule has 2 heterocycles. The van der Waals surface area contributed by atoms with E-state index in [4.69, 9.17) is 4.74 Å². The van der Waals surface area contributed by atoms with Crippen molar-refractivity contribution in [1.29, 1.82) is 0 Å². The van der Waals surface area contributed by atoms with Crippen LogP contribution in [0.15, 0.2) is 24.4 Å². The molecule has 0 saturated carbocycles. The second-order valence-corrected chi connectivity index (χ2v) is 7.36. The average molecular weight is 358 g/mol. The average Bonchev–Trinajstić information content (AvgIpc) is 3.05. The Bertz CT molecular complexity index is 761. The summed E-state index contributed by atoms with van der Waals surface area (Å²) in [5.74, 6) is -0.272. The van der Waals surface area contributed by atoms with Gasteiger partial charge in [-0.05, 0) is 62.3 Å². The lowest BCUT2D eigenvalue weighted by Crippen LogP contribution is -2.32. The number of nitrogens with zero attached hydrogens (tertiary/aromatic N) is 1. The van der Waals surface area contributed by atoms with Crippen LogP contribution in [0.3, 0.4) is 0 Å². The summed E-state index contributed by atoms with van der Waals surface area (Å²) in [4.78, 5) is 30.9. The van der Waals surface area contributed by atoms with Crippen molar-refractivity contribution < 1.29 is 14.3 Å². The molecule has 1 aliphatic carbocycles. The first kappa shape index (κ1) is 17.6. The van der Waals surface area contributed by atoms with Gasteiger partial charge in [0.1, 0.15) is 10.7 Å². The first-order valence-corrected chi connectivity index (χ1v) is 9.45. The second-order valence-electron chi connectivity index (χ2n) is 6.23. The van der Waals surface area contributed by atoms with E-state index in [1.54, 1.807) is 12.3 Å². The van der Waals surface area contributed by atoms with E-state index < -0.39 is 12.1 Å². The van der Waals surface area contributed by atoms with Crippen LogP contribution in [0.4, 0.5) is 5.82 Å². The lowest BCUT2D eigenvalue weighted by molar-refractivity contribution is -0.124. The number of nitrogens with one attached hydrogen (secondary N) is 1. The third kappa shape index (κ3) is 4.07. The molecule has 1 unspecified atom stereocenters. The van der Waals surface area contributed by atoms with Gasteiger partial charge in [-0.15, -0.1) is 11.3 Å².